The van der Waals surface area contributed by atoms with Gasteiger partial charge < -0.3 is 9.30 Å². The number of nitrogens with two attached hydrogens (primary N) is 1. The van der Waals surface area contributed by atoms with Crippen LogP contribution in [0.4, 0.5) is 0 Å². The van der Waals surface area contributed by atoms with Gasteiger partial charge in [-0.1, -0.05) is 0 Å². The normalized spacial score (nSPS) is 21.5. The SMILES string of the molecule is Cn1ccnc1CCC(CCC1CCCCO1)NN. The zero-order valence-corrected chi connectivity index (χ0v) is 11.8. The number of aromatic nitrogens is 2. The van der Waals surface area contributed by atoms with E-state index in [0.29, 0.717) is 12.1 Å². The fourth-order valence-electron chi connectivity index (χ4n) is 2.67. The van der Waals surface area contributed by atoms with Crippen molar-refractivity contribution < 1.29 is 4.74 Å². The van der Waals surface area contributed by atoms with Gasteiger partial charge in [0.25, 0.3) is 0 Å². The van der Waals surface area contributed by atoms with Gasteiger partial charge in [-0.3, -0.25) is 11.3 Å². The minimum atomic E-state index is 0.349. The topological polar surface area (TPSA) is 65.1 Å². The van der Waals surface area contributed by atoms with Gasteiger partial charge in [0.05, 0.1) is 6.10 Å². The van der Waals surface area contributed by atoms with Crippen LogP contribution in [-0.2, 0) is 18.2 Å². The van der Waals surface area contributed by atoms with Gasteiger partial charge in [-0.05, 0) is 38.5 Å². The lowest BCUT2D eigenvalue weighted by Gasteiger charge is -2.24. The molecule has 5 heteroatoms. The predicted octanol–water partition coefficient (Wildman–Crippen LogP) is 1.53. The summed E-state index contributed by atoms with van der Waals surface area (Å²) in [5.74, 6) is 6.77. The van der Waals surface area contributed by atoms with Crippen LogP contribution in [0.1, 0.15) is 44.3 Å². The highest BCUT2D eigenvalue weighted by Crippen LogP contribution is 2.18. The molecule has 0 bridgehead atoms. The van der Waals surface area contributed by atoms with E-state index in [9.17, 15) is 0 Å². The summed E-state index contributed by atoms with van der Waals surface area (Å²) in [5, 5.41) is 0. The molecule has 1 fully saturated rings. The lowest BCUT2D eigenvalue weighted by molar-refractivity contribution is 0.00844. The van der Waals surface area contributed by atoms with Crippen LogP contribution in [0.3, 0.4) is 0 Å². The molecule has 0 spiro atoms. The third-order valence-corrected chi connectivity index (χ3v) is 3.98. The molecule has 0 radical (unpaired) electrons. The van der Waals surface area contributed by atoms with Crippen molar-refractivity contribution in [1.82, 2.24) is 15.0 Å². The minimum Gasteiger partial charge on any atom is -0.378 e. The molecule has 0 aliphatic carbocycles. The van der Waals surface area contributed by atoms with Crippen LogP contribution in [0, 0.1) is 0 Å². The zero-order chi connectivity index (χ0) is 13.5. The molecule has 1 aromatic rings. The fraction of sp³-hybridized carbons (Fsp3) is 0.786. The van der Waals surface area contributed by atoms with Gasteiger partial charge in [0.2, 0.25) is 0 Å². The Balaban J connectivity index is 1.69. The summed E-state index contributed by atoms with van der Waals surface area (Å²) in [6.07, 6.45) is 12.2. The first-order chi connectivity index (χ1) is 9.29. The van der Waals surface area contributed by atoms with Gasteiger partial charge >= 0.3 is 0 Å². The van der Waals surface area contributed by atoms with E-state index >= 15 is 0 Å². The molecule has 0 saturated carbocycles. The first-order valence-corrected chi connectivity index (χ1v) is 7.33. The van der Waals surface area contributed by atoms with Gasteiger partial charge in [-0.15, -0.1) is 0 Å². The van der Waals surface area contributed by atoms with Crippen molar-refractivity contribution >= 4 is 0 Å². The van der Waals surface area contributed by atoms with E-state index in [4.69, 9.17) is 10.6 Å². The average Bonchev–Trinajstić information content (AvgIpc) is 2.86. The largest absolute Gasteiger partial charge is 0.378 e. The molecule has 2 atom stereocenters. The molecule has 2 rings (SSSR count). The summed E-state index contributed by atoms with van der Waals surface area (Å²) in [5.41, 5.74) is 2.93. The molecule has 0 amide bonds. The highest BCUT2D eigenvalue weighted by molar-refractivity contribution is 4.92. The lowest BCUT2D eigenvalue weighted by atomic mass is 9.99. The van der Waals surface area contributed by atoms with E-state index in [1.165, 1.54) is 19.3 Å². The maximum atomic E-state index is 5.76. The van der Waals surface area contributed by atoms with E-state index in [0.717, 1.165) is 38.1 Å². The molecular weight excluding hydrogens is 240 g/mol. The first-order valence-electron chi connectivity index (χ1n) is 7.33. The Bertz CT molecular complexity index is 360. The second-order valence-corrected chi connectivity index (χ2v) is 5.42. The molecule has 5 nitrogen and oxygen atoms in total. The molecule has 2 heterocycles. The number of nitrogens with one attached hydrogen (secondary N) is 1. The smallest absolute Gasteiger partial charge is 0.108 e. The highest BCUT2D eigenvalue weighted by Gasteiger charge is 2.16. The van der Waals surface area contributed by atoms with Gasteiger partial charge in [-0.2, -0.15) is 0 Å². The fourth-order valence-corrected chi connectivity index (χ4v) is 2.67. The van der Waals surface area contributed by atoms with Gasteiger partial charge in [0.1, 0.15) is 5.82 Å². The van der Waals surface area contributed by atoms with Crippen LogP contribution in [-0.4, -0.2) is 28.3 Å². The molecule has 2 unspecified atom stereocenters. The van der Waals surface area contributed by atoms with E-state index in [1.54, 1.807) is 0 Å². The summed E-state index contributed by atoms with van der Waals surface area (Å²) in [7, 11) is 2.03. The van der Waals surface area contributed by atoms with Crippen molar-refractivity contribution in [3.8, 4) is 0 Å². The third kappa shape index (κ3) is 4.60. The second kappa shape index (κ2) is 7.62. The summed E-state index contributed by atoms with van der Waals surface area (Å²) in [6, 6.07) is 0.349. The van der Waals surface area contributed by atoms with Crippen molar-refractivity contribution in [2.24, 2.45) is 12.9 Å². The van der Waals surface area contributed by atoms with Crippen molar-refractivity contribution in [3.05, 3.63) is 18.2 Å². The Kier molecular flexibility index (Phi) is 5.82. The molecule has 0 aromatic carbocycles. The molecule has 1 aliphatic rings. The summed E-state index contributed by atoms with van der Waals surface area (Å²) in [6.45, 7) is 0.929. The number of hydrazine groups is 1. The number of hydrogen-bond acceptors (Lipinski definition) is 4. The monoisotopic (exact) mass is 266 g/mol. The van der Waals surface area contributed by atoms with E-state index in [2.05, 4.69) is 15.0 Å². The zero-order valence-electron chi connectivity index (χ0n) is 11.8. The molecule has 1 saturated heterocycles. The number of hydrogen-bond donors (Lipinski definition) is 2. The van der Waals surface area contributed by atoms with Crippen LogP contribution in [0.25, 0.3) is 0 Å². The molecule has 1 aromatic heterocycles. The van der Waals surface area contributed by atoms with Gasteiger partial charge in [0, 0.05) is 38.5 Å². The van der Waals surface area contributed by atoms with Crippen LogP contribution in [0.2, 0.25) is 0 Å². The summed E-state index contributed by atoms with van der Waals surface area (Å²) >= 11 is 0. The Morgan fingerprint density at radius 3 is 3.05 bits per heavy atom. The van der Waals surface area contributed by atoms with E-state index < -0.39 is 0 Å². The predicted molar refractivity (Wildman–Crippen MR) is 75.5 cm³/mol. The summed E-state index contributed by atoms with van der Waals surface area (Å²) < 4.78 is 7.82. The number of ether oxygens (including phenoxy) is 1. The number of rotatable bonds is 7. The van der Waals surface area contributed by atoms with Crippen molar-refractivity contribution in [2.45, 2.75) is 57.1 Å². The highest BCUT2D eigenvalue weighted by atomic mass is 16.5. The van der Waals surface area contributed by atoms with E-state index in [1.807, 2.05) is 19.4 Å². The molecule has 3 N–H and O–H groups in total. The van der Waals surface area contributed by atoms with Crippen molar-refractivity contribution in [2.75, 3.05) is 6.61 Å². The number of aryl methyl sites for hydroxylation is 2. The Morgan fingerprint density at radius 1 is 1.53 bits per heavy atom. The Morgan fingerprint density at radius 2 is 2.42 bits per heavy atom. The van der Waals surface area contributed by atoms with Crippen LogP contribution >= 0.6 is 0 Å². The van der Waals surface area contributed by atoms with Crippen molar-refractivity contribution in [1.29, 1.82) is 0 Å². The maximum Gasteiger partial charge on any atom is 0.108 e. The molecule has 108 valence electrons. The maximum absolute atomic E-state index is 5.76. The third-order valence-electron chi connectivity index (χ3n) is 3.98. The number of imidazole rings is 1. The summed E-state index contributed by atoms with van der Waals surface area (Å²) in [4.78, 5) is 4.34. The molecular formula is C14H26N4O. The molecule has 19 heavy (non-hydrogen) atoms. The van der Waals surface area contributed by atoms with E-state index in [-0.39, 0.29) is 0 Å². The van der Waals surface area contributed by atoms with Crippen molar-refractivity contribution in [3.63, 3.8) is 0 Å². The molecule has 1 aliphatic heterocycles. The van der Waals surface area contributed by atoms with Gasteiger partial charge in [0.15, 0.2) is 0 Å². The van der Waals surface area contributed by atoms with Crippen LogP contribution in [0.5, 0.6) is 0 Å². The average molecular weight is 266 g/mol. The van der Waals surface area contributed by atoms with Crippen LogP contribution in [0.15, 0.2) is 12.4 Å². The second-order valence-electron chi connectivity index (χ2n) is 5.42. The van der Waals surface area contributed by atoms with Gasteiger partial charge in [-0.25, -0.2) is 4.98 Å². The minimum absolute atomic E-state index is 0.349. The standard InChI is InChI=1S/C14H26N4O/c1-18-10-9-16-14(18)8-6-12(17-15)5-7-13-4-2-3-11-19-13/h9-10,12-13,17H,2-8,11,15H2,1H3. The Labute approximate surface area is 115 Å². The lowest BCUT2D eigenvalue weighted by Crippen LogP contribution is -2.36. The first kappa shape index (κ1) is 14.5. The Hall–Kier alpha value is -0.910. The van der Waals surface area contributed by atoms with Crippen LogP contribution < -0.4 is 11.3 Å². The quantitative estimate of drug-likeness (QED) is 0.580. The number of nitrogens with zero attached hydrogens (tertiary/aromatic N) is 2.